The molecule has 0 aliphatic carbocycles. The summed E-state index contributed by atoms with van der Waals surface area (Å²) in [5, 5.41) is 19.7. The first-order valence-corrected chi connectivity index (χ1v) is 6.50. The van der Waals surface area contributed by atoms with Gasteiger partial charge in [0.25, 0.3) is 0 Å². The van der Waals surface area contributed by atoms with Crippen LogP contribution in [0.2, 0.25) is 0 Å². The highest BCUT2D eigenvalue weighted by Crippen LogP contribution is 2.25. The van der Waals surface area contributed by atoms with E-state index in [-0.39, 0.29) is 5.75 Å². The fourth-order valence-corrected chi connectivity index (χ4v) is 2.15. The molecule has 0 fully saturated rings. The lowest BCUT2D eigenvalue weighted by Crippen LogP contribution is -2.08. The second-order valence-corrected chi connectivity index (χ2v) is 5.12. The average Bonchev–Trinajstić information content (AvgIpc) is 2.34. The predicted octanol–water partition coefficient (Wildman–Crippen LogP) is 2.97. The van der Waals surface area contributed by atoms with Gasteiger partial charge in [-0.2, -0.15) is 0 Å². The Labute approximate surface area is 113 Å². The Hall–Kier alpha value is -1.74. The number of hydrogen-bond acceptors (Lipinski definition) is 3. The minimum Gasteiger partial charge on any atom is -0.508 e. The fraction of sp³-hybridized carbons (Fsp3) is 0.375. The molecule has 1 aliphatic heterocycles. The number of allylic oxidation sites excluding steroid dienone is 1. The van der Waals surface area contributed by atoms with Gasteiger partial charge in [0.1, 0.15) is 18.1 Å². The number of aromatic hydroxyl groups is 1. The van der Waals surface area contributed by atoms with Crippen molar-refractivity contribution in [2.45, 2.75) is 32.8 Å². The van der Waals surface area contributed by atoms with Crippen LogP contribution in [0, 0.1) is 0 Å². The van der Waals surface area contributed by atoms with Crippen LogP contribution in [0.15, 0.2) is 41.5 Å². The summed E-state index contributed by atoms with van der Waals surface area (Å²) in [6, 6.07) is 5.28. The van der Waals surface area contributed by atoms with Gasteiger partial charge in [-0.05, 0) is 50.5 Å². The third-order valence-electron chi connectivity index (χ3n) is 3.20. The molecule has 1 heterocycles. The minimum atomic E-state index is -0.480. The predicted molar refractivity (Wildman–Crippen MR) is 75.4 cm³/mol. The van der Waals surface area contributed by atoms with Gasteiger partial charge in [0.15, 0.2) is 0 Å². The number of fused-ring (bicyclic) bond motifs is 2. The van der Waals surface area contributed by atoms with E-state index in [0.717, 1.165) is 22.5 Å². The van der Waals surface area contributed by atoms with Crippen molar-refractivity contribution in [1.82, 2.24) is 0 Å². The van der Waals surface area contributed by atoms with Crippen LogP contribution in [0.4, 0.5) is 0 Å². The van der Waals surface area contributed by atoms with E-state index in [9.17, 15) is 10.2 Å². The highest BCUT2D eigenvalue weighted by Gasteiger charge is 2.07. The van der Waals surface area contributed by atoms with Crippen molar-refractivity contribution < 1.29 is 14.9 Å². The summed E-state index contributed by atoms with van der Waals surface area (Å²) in [6.45, 7) is 4.38. The van der Waals surface area contributed by atoms with Crippen molar-refractivity contribution in [3.05, 3.63) is 47.1 Å². The molecule has 2 bridgehead atoms. The molecule has 1 aliphatic rings. The maximum Gasteiger partial charge on any atom is 0.120 e. The Bertz CT molecular complexity index is 515. The van der Waals surface area contributed by atoms with Crippen molar-refractivity contribution >= 4 is 0 Å². The lowest BCUT2D eigenvalue weighted by atomic mass is 10.0. The molecular formula is C16H20O3. The van der Waals surface area contributed by atoms with E-state index in [1.54, 1.807) is 12.1 Å². The second-order valence-electron chi connectivity index (χ2n) is 5.12. The lowest BCUT2D eigenvalue weighted by molar-refractivity contribution is 0.221. The van der Waals surface area contributed by atoms with E-state index in [0.29, 0.717) is 19.4 Å². The summed E-state index contributed by atoms with van der Waals surface area (Å²) in [7, 11) is 0. The Morgan fingerprint density at radius 2 is 2.00 bits per heavy atom. The molecule has 2 rings (SSSR count). The zero-order valence-electron chi connectivity index (χ0n) is 11.4. The van der Waals surface area contributed by atoms with Crippen molar-refractivity contribution in [3.8, 4) is 11.5 Å². The van der Waals surface area contributed by atoms with Crippen LogP contribution in [0.25, 0.3) is 0 Å². The monoisotopic (exact) mass is 260 g/mol. The number of aliphatic hydroxyl groups is 1. The van der Waals surface area contributed by atoms with Crippen LogP contribution in [0.3, 0.4) is 0 Å². The Balaban J connectivity index is 2.33. The van der Waals surface area contributed by atoms with E-state index in [4.69, 9.17) is 4.74 Å². The van der Waals surface area contributed by atoms with E-state index in [1.807, 2.05) is 32.1 Å². The largest absolute Gasteiger partial charge is 0.508 e. The molecule has 3 heteroatoms. The fourth-order valence-electron chi connectivity index (χ4n) is 2.15. The summed E-state index contributed by atoms with van der Waals surface area (Å²) < 4.78 is 5.65. The van der Waals surface area contributed by atoms with Gasteiger partial charge in [-0.3, -0.25) is 0 Å². The molecule has 19 heavy (non-hydrogen) atoms. The molecule has 1 aromatic rings. The number of ether oxygens (including phenoxy) is 1. The number of hydrogen-bond donors (Lipinski definition) is 2. The van der Waals surface area contributed by atoms with Crippen molar-refractivity contribution in [2.75, 3.05) is 6.61 Å². The molecular weight excluding hydrogens is 240 g/mol. The van der Waals surface area contributed by atoms with Crippen LogP contribution in [0.1, 0.15) is 25.8 Å². The minimum absolute atomic E-state index is 0.279. The first kappa shape index (κ1) is 13.7. The molecule has 0 radical (unpaired) electrons. The summed E-state index contributed by atoms with van der Waals surface area (Å²) in [5.41, 5.74) is 2.95. The number of benzene rings is 1. The van der Waals surface area contributed by atoms with Crippen LogP contribution in [0.5, 0.6) is 11.5 Å². The van der Waals surface area contributed by atoms with Crippen LogP contribution >= 0.6 is 0 Å². The quantitative estimate of drug-likeness (QED) is 0.705. The normalized spacial score (nSPS) is 25.9. The van der Waals surface area contributed by atoms with Crippen LogP contribution < -0.4 is 4.74 Å². The van der Waals surface area contributed by atoms with Crippen LogP contribution in [-0.4, -0.2) is 22.9 Å². The lowest BCUT2D eigenvalue weighted by Gasteiger charge is -2.13. The number of rotatable bonds is 0. The highest BCUT2D eigenvalue weighted by molar-refractivity contribution is 5.40. The summed E-state index contributed by atoms with van der Waals surface area (Å²) in [5.74, 6) is 1.02. The molecule has 0 spiro atoms. The van der Waals surface area contributed by atoms with E-state index in [2.05, 4.69) is 0 Å². The molecule has 1 aromatic carbocycles. The van der Waals surface area contributed by atoms with Gasteiger partial charge >= 0.3 is 0 Å². The molecule has 0 saturated heterocycles. The maximum absolute atomic E-state index is 9.93. The van der Waals surface area contributed by atoms with Gasteiger partial charge in [0.05, 0.1) is 6.10 Å². The van der Waals surface area contributed by atoms with Gasteiger partial charge in [-0.15, -0.1) is 0 Å². The van der Waals surface area contributed by atoms with E-state index in [1.165, 1.54) is 0 Å². The summed E-state index contributed by atoms with van der Waals surface area (Å²) >= 11 is 0. The van der Waals surface area contributed by atoms with Gasteiger partial charge in [-0.25, -0.2) is 0 Å². The van der Waals surface area contributed by atoms with E-state index < -0.39 is 6.10 Å². The van der Waals surface area contributed by atoms with Gasteiger partial charge in [-0.1, -0.05) is 17.7 Å². The first-order valence-electron chi connectivity index (χ1n) is 6.50. The molecule has 0 saturated carbocycles. The Morgan fingerprint density at radius 1 is 1.21 bits per heavy atom. The Kier molecular flexibility index (Phi) is 4.27. The third-order valence-corrected chi connectivity index (χ3v) is 3.20. The maximum atomic E-state index is 9.93. The van der Waals surface area contributed by atoms with Crippen LogP contribution in [-0.2, 0) is 6.42 Å². The van der Waals surface area contributed by atoms with E-state index >= 15 is 0 Å². The molecule has 0 unspecified atom stereocenters. The third kappa shape index (κ3) is 3.86. The second kappa shape index (κ2) is 5.93. The van der Waals surface area contributed by atoms with Gasteiger partial charge < -0.3 is 14.9 Å². The molecule has 1 atom stereocenters. The van der Waals surface area contributed by atoms with Gasteiger partial charge in [0.2, 0.25) is 0 Å². The van der Waals surface area contributed by atoms with Crippen molar-refractivity contribution in [1.29, 1.82) is 0 Å². The molecule has 3 nitrogen and oxygen atoms in total. The SMILES string of the molecule is C/C1=C/[C@@H](O)C/C(C)=C\Cc2cc(ccc2O)OC1. The standard InChI is InChI=1S/C16H20O3/c1-11-3-4-13-9-15(5-6-16(13)18)19-10-12(2)8-14(17)7-11/h3,5-6,8-9,14,17-18H,4,7,10H2,1-2H3/b11-3-,12-8-/t14-/m0/s1. The number of phenols is 1. The molecule has 102 valence electrons. The average molecular weight is 260 g/mol. The Morgan fingerprint density at radius 3 is 2.79 bits per heavy atom. The zero-order chi connectivity index (χ0) is 13.8. The van der Waals surface area contributed by atoms with Crippen molar-refractivity contribution in [2.24, 2.45) is 0 Å². The summed E-state index contributed by atoms with van der Waals surface area (Å²) in [6.07, 6.45) is 4.64. The molecule has 2 N–H and O–H groups in total. The molecule has 0 aromatic heterocycles. The number of aliphatic hydroxyl groups excluding tert-OH is 1. The highest BCUT2D eigenvalue weighted by atomic mass is 16.5. The zero-order valence-corrected chi connectivity index (χ0v) is 11.4. The van der Waals surface area contributed by atoms with Gasteiger partial charge in [0, 0.05) is 5.56 Å². The topological polar surface area (TPSA) is 49.7 Å². The summed E-state index contributed by atoms with van der Waals surface area (Å²) in [4.78, 5) is 0. The smallest absolute Gasteiger partial charge is 0.120 e. The molecule has 0 amide bonds. The van der Waals surface area contributed by atoms with Crippen molar-refractivity contribution in [3.63, 3.8) is 0 Å². The number of phenolic OH excluding ortho intramolecular Hbond substituents is 1. The first-order chi connectivity index (χ1) is 9.04.